The number of nitrogens with one attached hydrogen (secondary N) is 2. The number of anilines is 1. The van der Waals surface area contributed by atoms with Crippen LogP contribution in [-0.4, -0.2) is 101 Å². The lowest BCUT2D eigenvalue weighted by Gasteiger charge is -2.29. The zero-order valence-corrected chi connectivity index (χ0v) is 29.0. The molecule has 3 aliphatic rings. The van der Waals surface area contributed by atoms with Crippen molar-refractivity contribution in [3.05, 3.63) is 65.9 Å². The molecule has 2 amide bonds. The lowest BCUT2D eigenvalue weighted by Crippen LogP contribution is -2.45. The molecule has 5 aromatic rings. The third-order valence-corrected chi connectivity index (χ3v) is 11.9. The number of carbonyl (C=O) groups excluding carboxylic acids is 2. The Bertz CT molecular complexity index is 2050. The summed E-state index contributed by atoms with van der Waals surface area (Å²) < 4.78 is 6.85. The number of pyridine rings is 1. The van der Waals surface area contributed by atoms with Crippen LogP contribution in [0.2, 0.25) is 0 Å². The maximum Gasteiger partial charge on any atom is 0.241 e. The van der Waals surface area contributed by atoms with E-state index in [2.05, 4.69) is 53.7 Å². The number of H-pyrrole nitrogens is 1. The topological polar surface area (TPSA) is 134 Å². The van der Waals surface area contributed by atoms with Crippen molar-refractivity contribution in [3.63, 3.8) is 0 Å². The van der Waals surface area contributed by atoms with Crippen molar-refractivity contribution < 1.29 is 14.3 Å². The number of rotatable bonds is 10. The smallest absolute Gasteiger partial charge is 0.241 e. The van der Waals surface area contributed by atoms with E-state index < -0.39 is 4.75 Å². The highest BCUT2D eigenvalue weighted by atomic mass is 32.2. The Labute approximate surface area is 291 Å². The number of amides is 2. The molecule has 0 bridgehead atoms. The van der Waals surface area contributed by atoms with Crippen molar-refractivity contribution in [1.82, 2.24) is 39.7 Å². The number of benzene rings is 1. The van der Waals surface area contributed by atoms with Crippen molar-refractivity contribution in [2.45, 2.75) is 36.5 Å². The van der Waals surface area contributed by atoms with Crippen LogP contribution in [0.15, 0.2) is 61.1 Å². The number of aromatic nitrogens is 6. The Hall–Kier alpha value is -4.53. The fraction of sp³-hybridized carbons (Fsp3) is 0.371. The average molecular weight is 696 g/mol. The number of likely N-dealkylation sites (tertiary alicyclic amines) is 1. The summed E-state index contributed by atoms with van der Waals surface area (Å²) in [5.41, 5.74) is 4.47. The molecule has 14 heteroatoms. The van der Waals surface area contributed by atoms with E-state index in [1.54, 1.807) is 40.3 Å². The number of thioether (sulfide) groups is 1. The molecule has 0 radical (unpaired) electrons. The summed E-state index contributed by atoms with van der Waals surface area (Å²) in [5, 5.41) is 16.1. The Morgan fingerprint density at radius 1 is 1.12 bits per heavy atom. The average Bonchev–Trinajstić information content (AvgIpc) is 3.52. The van der Waals surface area contributed by atoms with Crippen molar-refractivity contribution in [1.29, 1.82) is 0 Å². The number of fused-ring (bicyclic) bond motifs is 1. The Balaban J connectivity index is 0.881. The summed E-state index contributed by atoms with van der Waals surface area (Å²) in [5.74, 6) is 1.40. The predicted octanol–water partition coefficient (Wildman–Crippen LogP) is 5.09. The first-order chi connectivity index (χ1) is 23.9. The molecular formula is C35H37N9O3S2. The monoisotopic (exact) mass is 695 g/mol. The second kappa shape index (κ2) is 13.1. The summed E-state index contributed by atoms with van der Waals surface area (Å²) >= 11 is 3.23. The fourth-order valence-corrected chi connectivity index (χ4v) is 8.29. The molecule has 0 spiro atoms. The van der Waals surface area contributed by atoms with Gasteiger partial charge < -0.3 is 15.0 Å². The highest BCUT2D eigenvalue weighted by Crippen LogP contribution is 2.37. The number of aromatic amines is 1. The number of hydrogen-bond acceptors (Lipinski definition) is 10. The minimum Gasteiger partial charge on any atom is -0.474 e. The summed E-state index contributed by atoms with van der Waals surface area (Å²) in [7, 11) is 1.86. The van der Waals surface area contributed by atoms with Crippen molar-refractivity contribution in [3.8, 4) is 27.8 Å². The maximum absolute atomic E-state index is 13.8. The SMILES string of the molecule is CS[C@@]1(C(=O)Nc2ccc3[nH]nc(-c4ccc(OC5CC5)nc4)c3c2)CCN(CC(=O)N2CC=C(c3ccc(-c4ncn(C)n4)s3)CC2)C1. The lowest BCUT2D eigenvalue weighted by atomic mass is 10.1. The zero-order chi connectivity index (χ0) is 33.5. The highest BCUT2D eigenvalue weighted by molar-refractivity contribution is 8.00. The van der Waals surface area contributed by atoms with Gasteiger partial charge in [0.25, 0.3) is 0 Å². The summed E-state index contributed by atoms with van der Waals surface area (Å²) in [6, 6.07) is 13.8. The molecular weight excluding hydrogens is 659 g/mol. The second-order valence-corrected chi connectivity index (χ2v) is 15.1. The Kier molecular flexibility index (Phi) is 8.46. The molecule has 2 aliphatic heterocycles. The molecule has 1 atom stereocenters. The van der Waals surface area contributed by atoms with Gasteiger partial charge in [-0.05, 0) is 73.9 Å². The fourth-order valence-electron chi connectivity index (χ4n) is 6.43. The van der Waals surface area contributed by atoms with Gasteiger partial charge in [-0.2, -0.15) is 10.2 Å². The van der Waals surface area contributed by atoms with Crippen molar-refractivity contribution in [2.24, 2.45) is 7.05 Å². The molecule has 1 saturated heterocycles. The van der Waals surface area contributed by atoms with Crippen LogP contribution in [0.5, 0.6) is 5.88 Å². The summed E-state index contributed by atoms with van der Waals surface area (Å²) in [6.07, 6.45) is 11.5. The van der Waals surface area contributed by atoms with Crippen LogP contribution < -0.4 is 10.1 Å². The lowest BCUT2D eigenvalue weighted by molar-refractivity contribution is -0.132. The van der Waals surface area contributed by atoms with Crippen LogP contribution in [0, 0.1) is 0 Å². The minimum atomic E-state index is -0.649. The van der Waals surface area contributed by atoms with Gasteiger partial charge in [0.15, 0.2) is 5.82 Å². The number of thiophene rings is 1. The number of ether oxygens (including phenoxy) is 1. The molecule has 0 unspecified atom stereocenters. The molecule has 1 saturated carbocycles. The van der Waals surface area contributed by atoms with E-state index in [0.29, 0.717) is 50.7 Å². The van der Waals surface area contributed by atoms with Gasteiger partial charge in [0, 0.05) is 67.0 Å². The second-order valence-electron chi connectivity index (χ2n) is 12.9. The molecule has 4 aromatic heterocycles. The number of nitrogens with zero attached hydrogens (tertiary/aromatic N) is 7. The number of hydrogen-bond donors (Lipinski definition) is 2. The highest BCUT2D eigenvalue weighted by Gasteiger charge is 2.44. The van der Waals surface area contributed by atoms with Crippen molar-refractivity contribution in [2.75, 3.05) is 44.3 Å². The van der Waals surface area contributed by atoms with E-state index >= 15 is 0 Å². The molecule has 2 fully saturated rings. The van der Waals surface area contributed by atoms with Gasteiger partial charge in [-0.15, -0.1) is 23.1 Å². The molecule has 1 aromatic carbocycles. The predicted molar refractivity (Wildman–Crippen MR) is 192 cm³/mol. The largest absolute Gasteiger partial charge is 0.474 e. The van der Waals surface area contributed by atoms with E-state index in [9.17, 15) is 9.59 Å². The van der Waals surface area contributed by atoms with Gasteiger partial charge in [0.2, 0.25) is 17.7 Å². The summed E-state index contributed by atoms with van der Waals surface area (Å²) in [4.78, 5) is 42.3. The molecule has 6 heterocycles. The van der Waals surface area contributed by atoms with E-state index in [4.69, 9.17) is 4.74 Å². The first kappa shape index (κ1) is 31.7. The Morgan fingerprint density at radius 3 is 2.73 bits per heavy atom. The van der Waals surface area contributed by atoms with E-state index in [1.165, 1.54) is 10.5 Å². The van der Waals surface area contributed by atoms with Gasteiger partial charge in [0.05, 0.1) is 16.9 Å². The van der Waals surface area contributed by atoms with E-state index in [-0.39, 0.29) is 17.9 Å². The van der Waals surface area contributed by atoms with Gasteiger partial charge >= 0.3 is 0 Å². The maximum atomic E-state index is 13.8. The van der Waals surface area contributed by atoms with Gasteiger partial charge in [-0.1, -0.05) is 6.08 Å². The van der Waals surface area contributed by atoms with Gasteiger partial charge in [-0.3, -0.25) is 24.3 Å². The van der Waals surface area contributed by atoms with Crippen LogP contribution in [0.25, 0.3) is 38.4 Å². The van der Waals surface area contributed by atoms with E-state index in [0.717, 1.165) is 52.1 Å². The number of aryl methyl sites for hydroxylation is 1. The molecule has 2 N–H and O–H groups in total. The van der Waals surface area contributed by atoms with Crippen LogP contribution in [0.4, 0.5) is 5.69 Å². The zero-order valence-electron chi connectivity index (χ0n) is 27.4. The quantitative estimate of drug-likeness (QED) is 0.205. The van der Waals surface area contributed by atoms with Crippen LogP contribution >= 0.6 is 23.1 Å². The molecule has 252 valence electrons. The van der Waals surface area contributed by atoms with Crippen LogP contribution in [0.3, 0.4) is 0 Å². The van der Waals surface area contributed by atoms with Gasteiger partial charge in [0.1, 0.15) is 22.9 Å². The van der Waals surface area contributed by atoms with Gasteiger partial charge in [-0.25, -0.2) is 9.97 Å². The first-order valence-electron chi connectivity index (χ1n) is 16.5. The van der Waals surface area contributed by atoms with Crippen molar-refractivity contribution >= 4 is 57.1 Å². The molecule has 8 rings (SSSR count). The van der Waals surface area contributed by atoms with Crippen LogP contribution in [0.1, 0.15) is 30.6 Å². The minimum absolute atomic E-state index is 0.0515. The molecule has 1 aliphatic carbocycles. The first-order valence-corrected chi connectivity index (χ1v) is 18.5. The normalized spacial score (nSPS) is 19.7. The Morgan fingerprint density at radius 2 is 2.00 bits per heavy atom. The third kappa shape index (κ3) is 6.59. The molecule has 49 heavy (non-hydrogen) atoms. The van der Waals surface area contributed by atoms with Crippen LogP contribution in [-0.2, 0) is 16.6 Å². The summed E-state index contributed by atoms with van der Waals surface area (Å²) in [6.45, 7) is 2.76. The standard InChI is InChI=1S/C35H37N9O3S2/c1-42-21-37-33(41-42)29-9-8-28(49-29)22-11-14-44(15-12-22)31(45)19-43-16-13-35(20-43,48-2)34(46)38-24-4-7-27-26(17-24)32(40-39-27)23-3-10-30(36-18-23)47-25-5-6-25/h3-4,7-11,17-18,21,25H,5-6,12-16,19-20H2,1-2H3,(H,38,46)(H,39,40)/t35-/m0/s1. The third-order valence-electron chi connectivity index (χ3n) is 9.42. The molecule has 12 nitrogen and oxygen atoms in total. The van der Waals surface area contributed by atoms with E-state index in [1.807, 2.05) is 48.5 Å². The number of carbonyl (C=O) groups is 2.